The molecule has 1 aliphatic heterocycles. The molecule has 3 aromatic rings. The van der Waals surface area contributed by atoms with Crippen LogP contribution in [-0.2, 0) is 17.6 Å². The van der Waals surface area contributed by atoms with Gasteiger partial charge in [-0.1, -0.05) is 23.2 Å². The van der Waals surface area contributed by atoms with Crippen molar-refractivity contribution in [3.8, 4) is 11.6 Å². The maximum atomic E-state index is 5.83. The van der Waals surface area contributed by atoms with Crippen LogP contribution in [0.15, 0.2) is 33.3 Å². The maximum Gasteiger partial charge on any atom is 0.318 e. The molecule has 1 saturated heterocycles. The van der Waals surface area contributed by atoms with Crippen molar-refractivity contribution in [2.24, 2.45) is 0 Å². The molecule has 26 heavy (non-hydrogen) atoms. The molecule has 0 spiro atoms. The van der Waals surface area contributed by atoms with Gasteiger partial charge in [0.25, 0.3) is 5.89 Å². The lowest BCUT2D eigenvalue weighted by molar-refractivity contribution is 0.0377. The summed E-state index contributed by atoms with van der Waals surface area (Å²) in [6, 6.07) is 6.10. The summed E-state index contributed by atoms with van der Waals surface area (Å²) in [5, 5.41) is 12.3. The SMILES string of the molecule is CCCc1nnc(N2CCO[C@H](Cc3noc(-c4ccccn4)n3)C2)o1. The molecule has 4 rings (SSSR count). The summed E-state index contributed by atoms with van der Waals surface area (Å²) in [7, 11) is 0. The summed E-state index contributed by atoms with van der Waals surface area (Å²) in [6.45, 7) is 4.02. The van der Waals surface area contributed by atoms with Crippen LogP contribution >= 0.6 is 0 Å². The predicted molar refractivity (Wildman–Crippen MR) is 91.5 cm³/mol. The Bertz CT molecular complexity index is 834. The van der Waals surface area contributed by atoms with Gasteiger partial charge in [0, 0.05) is 32.1 Å². The number of aromatic nitrogens is 5. The number of anilines is 1. The Balaban J connectivity index is 1.40. The number of nitrogens with zero attached hydrogens (tertiary/aromatic N) is 6. The minimum atomic E-state index is -0.0699. The van der Waals surface area contributed by atoms with Gasteiger partial charge in [0.05, 0.1) is 12.7 Å². The van der Waals surface area contributed by atoms with E-state index >= 15 is 0 Å². The topological polar surface area (TPSA) is 103 Å². The number of rotatable bonds is 6. The molecular weight excluding hydrogens is 336 g/mol. The summed E-state index contributed by atoms with van der Waals surface area (Å²) in [5.41, 5.74) is 0.659. The van der Waals surface area contributed by atoms with Gasteiger partial charge in [-0.2, -0.15) is 4.98 Å². The molecule has 0 amide bonds. The lowest BCUT2D eigenvalue weighted by Gasteiger charge is -2.30. The molecule has 0 aromatic carbocycles. The van der Waals surface area contributed by atoms with Gasteiger partial charge in [-0.3, -0.25) is 4.98 Å². The van der Waals surface area contributed by atoms with Gasteiger partial charge in [0.15, 0.2) is 5.82 Å². The number of hydrogen-bond donors (Lipinski definition) is 0. The average Bonchev–Trinajstić information content (AvgIpc) is 3.33. The van der Waals surface area contributed by atoms with E-state index in [2.05, 4.69) is 32.2 Å². The third-order valence-electron chi connectivity index (χ3n) is 4.09. The Morgan fingerprint density at radius 1 is 1.27 bits per heavy atom. The lowest BCUT2D eigenvalue weighted by Crippen LogP contribution is -2.43. The van der Waals surface area contributed by atoms with Crippen LogP contribution in [0.3, 0.4) is 0 Å². The molecule has 9 heteroatoms. The first-order valence-corrected chi connectivity index (χ1v) is 8.74. The molecule has 4 heterocycles. The van der Waals surface area contributed by atoms with Crippen molar-refractivity contribution in [1.82, 2.24) is 25.3 Å². The molecule has 0 N–H and O–H groups in total. The zero-order chi connectivity index (χ0) is 17.8. The molecule has 1 atom stereocenters. The van der Waals surface area contributed by atoms with E-state index in [9.17, 15) is 0 Å². The Kier molecular flexibility index (Phi) is 4.87. The van der Waals surface area contributed by atoms with Crippen LogP contribution in [0, 0.1) is 0 Å². The summed E-state index contributed by atoms with van der Waals surface area (Å²) in [4.78, 5) is 10.7. The first-order chi connectivity index (χ1) is 12.8. The van der Waals surface area contributed by atoms with E-state index in [0.717, 1.165) is 19.4 Å². The van der Waals surface area contributed by atoms with Gasteiger partial charge >= 0.3 is 6.01 Å². The molecule has 0 aliphatic carbocycles. The molecule has 1 aliphatic rings. The Labute approximate surface area is 150 Å². The van der Waals surface area contributed by atoms with E-state index in [1.165, 1.54) is 0 Å². The second-order valence-electron chi connectivity index (χ2n) is 6.10. The first-order valence-electron chi connectivity index (χ1n) is 8.74. The van der Waals surface area contributed by atoms with Gasteiger partial charge < -0.3 is 18.6 Å². The average molecular weight is 356 g/mol. The first kappa shape index (κ1) is 16.6. The van der Waals surface area contributed by atoms with Crippen molar-refractivity contribution in [2.75, 3.05) is 24.6 Å². The third-order valence-corrected chi connectivity index (χ3v) is 4.09. The van der Waals surface area contributed by atoms with E-state index in [1.807, 2.05) is 23.1 Å². The second kappa shape index (κ2) is 7.61. The fourth-order valence-corrected chi connectivity index (χ4v) is 2.84. The van der Waals surface area contributed by atoms with Crippen molar-refractivity contribution in [1.29, 1.82) is 0 Å². The molecule has 1 fully saturated rings. The van der Waals surface area contributed by atoms with Crippen molar-refractivity contribution < 1.29 is 13.7 Å². The predicted octanol–water partition coefficient (Wildman–Crippen LogP) is 1.91. The standard InChI is InChI=1S/C17H20N6O3/c1-2-5-15-20-21-17(25-15)23-8-9-24-12(11-23)10-14-19-16(26-22-14)13-6-3-4-7-18-13/h3-4,6-7,12H,2,5,8-11H2,1H3/t12-/m1/s1. The van der Waals surface area contributed by atoms with Gasteiger partial charge in [-0.15, -0.1) is 5.10 Å². The van der Waals surface area contributed by atoms with E-state index in [1.54, 1.807) is 6.20 Å². The van der Waals surface area contributed by atoms with Crippen LogP contribution in [0.1, 0.15) is 25.1 Å². The molecule has 0 radical (unpaired) electrons. The van der Waals surface area contributed by atoms with E-state index < -0.39 is 0 Å². The third kappa shape index (κ3) is 3.72. The monoisotopic (exact) mass is 356 g/mol. The largest absolute Gasteiger partial charge is 0.408 e. The quantitative estimate of drug-likeness (QED) is 0.655. The van der Waals surface area contributed by atoms with E-state index in [0.29, 0.717) is 48.9 Å². The molecule has 136 valence electrons. The smallest absolute Gasteiger partial charge is 0.318 e. The van der Waals surface area contributed by atoms with Crippen molar-refractivity contribution in [3.63, 3.8) is 0 Å². The van der Waals surface area contributed by atoms with Gasteiger partial charge in [0.1, 0.15) is 5.69 Å². The van der Waals surface area contributed by atoms with Gasteiger partial charge in [-0.05, 0) is 18.6 Å². The molecule has 0 bridgehead atoms. The van der Waals surface area contributed by atoms with E-state index in [-0.39, 0.29) is 6.10 Å². The number of aryl methyl sites for hydroxylation is 1. The van der Waals surface area contributed by atoms with Crippen molar-refractivity contribution in [2.45, 2.75) is 32.3 Å². The number of hydrogen-bond acceptors (Lipinski definition) is 9. The second-order valence-corrected chi connectivity index (χ2v) is 6.10. The Hall–Kier alpha value is -2.81. The Morgan fingerprint density at radius 3 is 3.08 bits per heavy atom. The van der Waals surface area contributed by atoms with E-state index in [4.69, 9.17) is 13.7 Å². The highest BCUT2D eigenvalue weighted by Gasteiger charge is 2.26. The van der Waals surface area contributed by atoms with Crippen LogP contribution in [0.25, 0.3) is 11.6 Å². The van der Waals surface area contributed by atoms with Crippen LogP contribution in [0.5, 0.6) is 0 Å². The number of ether oxygens (including phenoxy) is 1. The van der Waals surface area contributed by atoms with Gasteiger partial charge in [-0.25, -0.2) is 0 Å². The highest BCUT2D eigenvalue weighted by atomic mass is 16.5. The van der Waals surface area contributed by atoms with Crippen molar-refractivity contribution >= 4 is 6.01 Å². The van der Waals surface area contributed by atoms with Gasteiger partial charge in [0.2, 0.25) is 5.89 Å². The minimum Gasteiger partial charge on any atom is -0.408 e. The fourth-order valence-electron chi connectivity index (χ4n) is 2.84. The highest BCUT2D eigenvalue weighted by Crippen LogP contribution is 2.19. The summed E-state index contributed by atoms with van der Waals surface area (Å²) in [6.07, 6.45) is 3.94. The zero-order valence-electron chi connectivity index (χ0n) is 14.5. The number of morpholine rings is 1. The molecular formula is C17H20N6O3. The van der Waals surface area contributed by atoms with Crippen LogP contribution in [0.2, 0.25) is 0 Å². The summed E-state index contributed by atoms with van der Waals surface area (Å²) in [5.74, 6) is 1.67. The zero-order valence-corrected chi connectivity index (χ0v) is 14.5. The molecule has 0 saturated carbocycles. The highest BCUT2D eigenvalue weighted by molar-refractivity contribution is 5.45. The minimum absolute atomic E-state index is 0.0699. The van der Waals surface area contributed by atoms with Crippen LogP contribution < -0.4 is 4.90 Å². The normalized spacial score (nSPS) is 17.6. The summed E-state index contributed by atoms with van der Waals surface area (Å²) >= 11 is 0. The number of pyridine rings is 1. The Morgan fingerprint density at radius 2 is 2.23 bits per heavy atom. The van der Waals surface area contributed by atoms with Crippen LogP contribution in [0.4, 0.5) is 6.01 Å². The maximum absolute atomic E-state index is 5.83. The molecule has 3 aromatic heterocycles. The molecule has 9 nitrogen and oxygen atoms in total. The fraction of sp³-hybridized carbons (Fsp3) is 0.471. The summed E-state index contributed by atoms with van der Waals surface area (Å²) < 4.78 is 16.8. The van der Waals surface area contributed by atoms with Crippen molar-refractivity contribution in [3.05, 3.63) is 36.1 Å². The molecule has 0 unspecified atom stereocenters. The lowest BCUT2D eigenvalue weighted by atomic mass is 10.2. The van der Waals surface area contributed by atoms with Crippen LogP contribution in [-0.4, -0.2) is 51.1 Å².